The highest BCUT2D eigenvalue weighted by atomic mass is 79.9. The molecule has 1 saturated heterocycles. The molecule has 0 atom stereocenters. The summed E-state index contributed by atoms with van der Waals surface area (Å²) in [5.74, 6) is 0.460. The molecule has 3 aromatic carbocycles. The number of nitrogens with one attached hydrogen (secondary N) is 2. The molecule has 0 saturated carbocycles. The molecule has 2 N–H and O–H groups in total. The number of H-pyrrole nitrogens is 1. The second-order valence-electron chi connectivity index (χ2n) is 8.33. The monoisotopic (exact) mass is 576 g/mol. The summed E-state index contributed by atoms with van der Waals surface area (Å²) in [5.41, 5.74) is 3.83. The first kappa shape index (κ1) is 24.9. The maximum absolute atomic E-state index is 13.3. The van der Waals surface area contributed by atoms with Gasteiger partial charge in [0.05, 0.1) is 16.1 Å². The third-order valence-electron chi connectivity index (χ3n) is 5.66. The average molecular weight is 577 g/mol. The minimum Gasteiger partial charge on any atom is -0.490 e. The normalized spacial score (nSPS) is 14.3. The Labute approximate surface area is 225 Å². The van der Waals surface area contributed by atoms with Crippen molar-refractivity contribution < 1.29 is 19.1 Å². The molecule has 0 aliphatic carbocycles. The molecule has 2 amide bonds. The Hall–Kier alpha value is -3.82. The van der Waals surface area contributed by atoms with Gasteiger partial charge < -0.3 is 14.5 Å². The summed E-state index contributed by atoms with van der Waals surface area (Å²) in [4.78, 5) is 40.1. The lowest BCUT2D eigenvalue weighted by atomic mass is 10.1. The van der Waals surface area contributed by atoms with Gasteiger partial charge in [-0.05, 0) is 72.3 Å². The fourth-order valence-corrected chi connectivity index (χ4v) is 4.83. The Morgan fingerprint density at radius 1 is 0.919 bits per heavy atom. The van der Waals surface area contributed by atoms with Gasteiger partial charge in [-0.25, -0.2) is 0 Å². The average Bonchev–Trinajstić information content (AvgIpc) is 3.20. The molecule has 1 aliphatic rings. The van der Waals surface area contributed by atoms with Crippen molar-refractivity contribution in [3.63, 3.8) is 0 Å². The van der Waals surface area contributed by atoms with E-state index in [0.29, 0.717) is 21.7 Å². The molecule has 1 aliphatic heterocycles. The molecule has 0 radical (unpaired) electrons. The Morgan fingerprint density at radius 2 is 1.65 bits per heavy atom. The van der Waals surface area contributed by atoms with E-state index in [2.05, 4.69) is 26.2 Å². The molecule has 4 aromatic rings. The number of rotatable bonds is 7. The molecular formula is C28H21BrN2O5S. The van der Waals surface area contributed by atoms with E-state index in [4.69, 9.17) is 9.47 Å². The van der Waals surface area contributed by atoms with Crippen molar-refractivity contribution in [1.82, 2.24) is 10.3 Å². The quantitative estimate of drug-likeness (QED) is 0.205. The number of aryl methyl sites for hydroxylation is 1. The van der Waals surface area contributed by atoms with E-state index in [-0.39, 0.29) is 29.6 Å². The van der Waals surface area contributed by atoms with E-state index in [9.17, 15) is 14.4 Å². The smallest absolute Gasteiger partial charge is 0.290 e. The van der Waals surface area contributed by atoms with Crippen molar-refractivity contribution in [2.45, 2.75) is 6.92 Å². The van der Waals surface area contributed by atoms with Gasteiger partial charge in [-0.2, -0.15) is 0 Å². The third kappa shape index (κ3) is 5.63. The number of carbonyl (C=O) groups is 2. The minimum absolute atomic E-state index is 0.161. The number of imide groups is 1. The van der Waals surface area contributed by atoms with Crippen LogP contribution in [0.1, 0.15) is 11.1 Å². The van der Waals surface area contributed by atoms with Gasteiger partial charge in [-0.3, -0.25) is 19.7 Å². The molecular weight excluding hydrogens is 556 g/mol. The molecule has 7 nitrogen and oxygen atoms in total. The van der Waals surface area contributed by atoms with Gasteiger partial charge in [0, 0.05) is 15.4 Å². The number of thioether (sulfide) groups is 1. The van der Waals surface area contributed by atoms with Gasteiger partial charge >= 0.3 is 0 Å². The summed E-state index contributed by atoms with van der Waals surface area (Å²) >= 11 is 4.32. The number of amides is 2. The van der Waals surface area contributed by atoms with E-state index in [1.165, 1.54) is 0 Å². The van der Waals surface area contributed by atoms with E-state index in [1.807, 2.05) is 43.3 Å². The fraction of sp³-hybridized carbons (Fsp3) is 0.107. The summed E-state index contributed by atoms with van der Waals surface area (Å²) in [7, 11) is 0. The Kier molecular flexibility index (Phi) is 7.16. The molecule has 9 heteroatoms. The number of aromatic amines is 1. The number of hydrogen-bond donors (Lipinski definition) is 2. The second-order valence-corrected chi connectivity index (χ2v) is 10.3. The first-order chi connectivity index (χ1) is 17.9. The van der Waals surface area contributed by atoms with Crippen LogP contribution in [0.4, 0.5) is 4.79 Å². The number of aromatic nitrogens is 1. The van der Waals surface area contributed by atoms with Crippen molar-refractivity contribution in [2.24, 2.45) is 0 Å². The van der Waals surface area contributed by atoms with Crippen LogP contribution in [0.2, 0.25) is 0 Å². The summed E-state index contributed by atoms with van der Waals surface area (Å²) in [5, 5.41) is 2.41. The first-order valence-electron chi connectivity index (χ1n) is 11.4. The van der Waals surface area contributed by atoms with Crippen LogP contribution in [0.5, 0.6) is 11.5 Å². The Balaban J connectivity index is 1.30. The van der Waals surface area contributed by atoms with Crippen LogP contribution in [0, 0.1) is 6.92 Å². The van der Waals surface area contributed by atoms with Gasteiger partial charge in [0.15, 0.2) is 5.75 Å². The van der Waals surface area contributed by atoms with E-state index in [0.717, 1.165) is 38.4 Å². The zero-order chi connectivity index (χ0) is 25.9. The second kappa shape index (κ2) is 10.7. The van der Waals surface area contributed by atoms with Gasteiger partial charge in [0.1, 0.15) is 19.0 Å². The minimum atomic E-state index is -0.395. The van der Waals surface area contributed by atoms with Crippen molar-refractivity contribution in [3.8, 4) is 22.8 Å². The van der Waals surface area contributed by atoms with Gasteiger partial charge in [-0.1, -0.05) is 46.3 Å². The van der Waals surface area contributed by atoms with E-state index in [1.54, 1.807) is 36.4 Å². The topological polar surface area (TPSA) is 97.5 Å². The highest BCUT2D eigenvalue weighted by molar-refractivity contribution is 9.10. The predicted molar refractivity (Wildman–Crippen MR) is 149 cm³/mol. The molecule has 186 valence electrons. The fourth-order valence-electron chi connectivity index (χ4n) is 3.88. The SMILES string of the molecule is Cc1ccc2c(=O)c(OCCOc3ccc(C=C4SC(=O)NC4=O)cc3)c(-c3ccc(Br)cc3)[nH]c2c1. The Morgan fingerprint density at radius 3 is 2.35 bits per heavy atom. The van der Waals surface area contributed by atoms with Crippen molar-refractivity contribution in [1.29, 1.82) is 0 Å². The van der Waals surface area contributed by atoms with Crippen LogP contribution < -0.4 is 20.2 Å². The number of pyridine rings is 1. The van der Waals surface area contributed by atoms with Crippen LogP contribution in [0.25, 0.3) is 28.2 Å². The van der Waals surface area contributed by atoms with E-state index >= 15 is 0 Å². The maximum atomic E-state index is 13.3. The van der Waals surface area contributed by atoms with Gasteiger partial charge in [0.2, 0.25) is 5.43 Å². The van der Waals surface area contributed by atoms with Gasteiger partial charge in [0.25, 0.3) is 11.1 Å². The van der Waals surface area contributed by atoms with Crippen LogP contribution in [0.15, 0.2) is 80.9 Å². The molecule has 5 rings (SSSR count). The first-order valence-corrected chi connectivity index (χ1v) is 13.0. The lowest BCUT2D eigenvalue weighted by Gasteiger charge is -2.14. The summed E-state index contributed by atoms with van der Waals surface area (Å²) < 4.78 is 12.7. The molecule has 37 heavy (non-hydrogen) atoms. The number of benzene rings is 3. The lowest BCUT2D eigenvalue weighted by Crippen LogP contribution is -2.17. The van der Waals surface area contributed by atoms with Crippen LogP contribution in [0.3, 0.4) is 0 Å². The van der Waals surface area contributed by atoms with E-state index < -0.39 is 5.91 Å². The standard InChI is InChI=1S/C28H21BrN2O5S/c1-16-2-11-21-22(14-16)30-24(18-5-7-19(29)8-6-18)26(25(21)32)36-13-12-35-20-9-3-17(4-10-20)15-23-27(33)31-28(34)37-23/h2-11,14-15H,12-13H2,1H3,(H,30,32)(H,31,33,34). The number of fused-ring (bicyclic) bond motifs is 1. The molecule has 0 unspecified atom stereocenters. The van der Waals surface area contributed by atoms with Gasteiger partial charge in [-0.15, -0.1) is 0 Å². The molecule has 2 heterocycles. The van der Waals surface area contributed by atoms with Crippen LogP contribution in [-0.2, 0) is 4.79 Å². The number of carbonyl (C=O) groups excluding carboxylic acids is 2. The highest BCUT2D eigenvalue weighted by Crippen LogP contribution is 2.29. The zero-order valence-corrected chi connectivity index (χ0v) is 22.1. The zero-order valence-electron chi connectivity index (χ0n) is 19.7. The molecule has 0 bridgehead atoms. The van der Waals surface area contributed by atoms with Crippen molar-refractivity contribution >= 4 is 55.8 Å². The summed E-state index contributed by atoms with van der Waals surface area (Å²) in [6.45, 7) is 2.36. The Bertz CT molecular complexity index is 1590. The lowest BCUT2D eigenvalue weighted by molar-refractivity contribution is -0.115. The molecule has 0 spiro atoms. The maximum Gasteiger partial charge on any atom is 0.290 e. The largest absolute Gasteiger partial charge is 0.490 e. The van der Waals surface area contributed by atoms with Crippen LogP contribution >= 0.6 is 27.7 Å². The third-order valence-corrected chi connectivity index (χ3v) is 7.00. The predicted octanol–water partition coefficient (Wildman–Crippen LogP) is 6.05. The highest BCUT2D eigenvalue weighted by Gasteiger charge is 2.24. The number of ether oxygens (including phenoxy) is 2. The molecule has 1 fully saturated rings. The van der Waals surface area contributed by atoms with Crippen molar-refractivity contribution in [3.05, 3.63) is 97.5 Å². The summed E-state index contributed by atoms with van der Waals surface area (Å²) in [6, 6.07) is 20.4. The summed E-state index contributed by atoms with van der Waals surface area (Å²) in [6.07, 6.45) is 1.65. The number of halogens is 1. The van der Waals surface area contributed by atoms with Crippen molar-refractivity contribution in [2.75, 3.05) is 13.2 Å². The number of hydrogen-bond acceptors (Lipinski definition) is 6. The van der Waals surface area contributed by atoms with Crippen LogP contribution in [-0.4, -0.2) is 29.3 Å². The molecule has 1 aromatic heterocycles.